The van der Waals surface area contributed by atoms with Crippen molar-refractivity contribution in [2.24, 2.45) is 0 Å². The molecule has 2 rings (SSSR count). The monoisotopic (exact) mass is 485 g/mol. The Bertz CT molecular complexity index is 584. The molecular formula is C12H7Cl2HgNO3. The molecule has 0 aliphatic rings. The molecule has 0 aliphatic carbocycles. The van der Waals surface area contributed by atoms with Gasteiger partial charge in [0.15, 0.2) is 0 Å². The van der Waals surface area contributed by atoms with E-state index in [0.29, 0.717) is 5.75 Å². The number of halogens is 2. The second-order valence-corrected chi connectivity index (χ2v) is 10.0. The minimum atomic E-state index is -1.81. The number of nitrogens with zero attached hydrogens (tertiary/aromatic N) is 1. The van der Waals surface area contributed by atoms with Crippen LogP contribution in [0.15, 0.2) is 42.5 Å². The van der Waals surface area contributed by atoms with Crippen molar-refractivity contribution < 1.29 is 32.6 Å². The Morgan fingerprint density at radius 1 is 1.11 bits per heavy atom. The van der Waals surface area contributed by atoms with Gasteiger partial charge < -0.3 is 0 Å². The zero-order chi connectivity index (χ0) is 13.8. The van der Waals surface area contributed by atoms with Crippen molar-refractivity contribution in [3.8, 4) is 5.75 Å². The Morgan fingerprint density at radius 2 is 1.68 bits per heavy atom. The molecule has 2 aromatic carbocycles. The summed E-state index contributed by atoms with van der Waals surface area (Å²) < 4.78 is 6.90. The first-order valence-electron chi connectivity index (χ1n) is 5.38. The summed E-state index contributed by atoms with van der Waals surface area (Å²) in [6.45, 7) is 0. The van der Waals surface area contributed by atoms with E-state index in [4.69, 9.17) is 25.8 Å². The molecule has 0 saturated heterocycles. The molecule has 0 amide bonds. The first-order chi connectivity index (χ1) is 9.08. The van der Waals surface area contributed by atoms with Gasteiger partial charge in [-0.2, -0.15) is 0 Å². The molecule has 0 radical (unpaired) electrons. The minimum absolute atomic E-state index is 0.140. The standard InChI is InChI=1S/C6H3Cl2NO3.C6H5.Hg/c7-4-1-3(9(11)12)2-5(8)6(4)10;1-2-4-6-5-3-1;/h1-2,10H;1-5H;/q;;+1/p-1. The van der Waals surface area contributed by atoms with Gasteiger partial charge in [-0.25, -0.2) is 0 Å². The number of nitro benzene ring substituents is 1. The molecule has 0 saturated carbocycles. The first kappa shape index (κ1) is 14.6. The summed E-state index contributed by atoms with van der Waals surface area (Å²) in [5, 5.41) is 11.0. The van der Waals surface area contributed by atoms with Crippen LogP contribution in [0.5, 0.6) is 5.75 Å². The van der Waals surface area contributed by atoms with Gasteiger partial charge in [-0.15, -0.1) is 0 Å². The van der Waals surface area contributed by atoms with Crippen LogP contribution in [0.3, 0.4) is 0 Å². The van der Waals surface area contributed by atoms with Crippen molar-refractivity contribution in [2.45, 2.75) is 0 Å². The number of rotatable bonds is 4. The van der Waals surface area contributed by atoms with Crippen molar-refractivity contribution in [1.29, 1.82) is 0 Å². The van der Waals surface area contributed by atoms with Crippen LogP contribution >= 0.6 is 23.2 Å². The molecule has 0 aliphatic heterocycles. The van der Waals surface area contributed by atoms with E-state index in [9.17, 15) is 10.1 Å². The molecular weight excluding hydrogens is 478 g/mol. The Morgan fingerprint density at radius 3 is 2.21 bits per heavy atom. The first-order valence-corrected chi connectivity index (χ1v) is 11.1. The van der Waals surface area contributed by atoms with E-state index in [1.54, 1.807) is 0 Å². The van der Waals surface area contributed by atoms with Gasteiger partial charge in [0.2, 0.25) is 0 Å². The SMILES string of the molecule is O=[N+]([O-])c1cc(Cl)c([O][Hg][c]2ccccc2)c(Cl)c1. The second kappa shape index (κ2) is 6.54. The fraction of sp³-hybridized carbons (Fsp3) is 0. The van der Waals surface area contributed by atoms with E-state index in [1.807, 2.05) is 30.3 Å². The van der Waals surface area contributed by atoms with Gasteiger partial charge >= 0.3 is 133 Å². The van der Waals surface area contributed by atoms with E-state index < -0.39 is 30.0 Å². The van der Waals surface area contributed by atoms with Crippen LogP contribution in [-0.2, 0) is 25.0 Å². The maximum atomic E-state index is 10.7. The van der Waals surface area contributed by atoms with Gasteiger partial charge in [-0.1, -0.05) is 0 Å². The summed E-state index contributed by atoms with van der Waals surface area (Å²) in [6, 6.07) is 12.3. The predicted octanol–water partition coefficient (Wildman–Crippen LogP) is 3.60. The number of nitro groups is 1. The normalized spacial score (nSPS) is 9.79. The quantitative estimate of drug-likeness (QED) is 0.379. The Labute approximate surface area is 132 Å². The topological polar surface area (TPSA) is 52.4 Å². The maximum absolute atomic E-state index is 10.7. The third kappa shape index (κ3) is 3.81. The molecule has 0 heterocycles. The van der Waals surface area contributed by atoms with Crippen molar-refractivity contribution in [1.82, 2.24) is 0 Å². The van der Waals surface area contributed by atoms with E-state index in [2.05, 4.69) is 0 Å². The van der Waals surface area contributed by atoms with Crippen LogP contribution in [0, 0.1) is 10.1 Å². The van der Waals surface area contributed by atoms with Gasteiger partial charge in [-0.05, 0) is 0 Å². The molecule has 0 bridgehead atoms. The Hall–Kier alpha value is -0.845. The van der Waals surface area contributed by atoms with E-state index in [0.717, 1.165) is 0 Å². The molecule has 0 aromatic heterocycles. The van der Waals surface area contributed by atoms with Gasteiger partial charge in [0.05, 0.1) is 0 Å². The second-order valence-electron chi connectivity index (χ2n) is 3.77. The average molecular weight is 485 g/mol. The average Bonchev–Trinajstić information content (AvgIpc) is 2.38. The number of hydrogen-bond acceptors (Lipinski definition) is 3. The van der Waals surface area contributed by atoms with Crippen LogP contribution in [0.1, 0.15) is 0 Å². The molecule has 0 spiro atoms. The van der Waals surface area contributed by atoms with Gasteiger partial charge in [0, 0.05) is 0 Å². The molecule has 0 unspecified atom stereocenters. The van der Waals surface area contributed by atoms with Crippen LogP contribution in [0.4, 0.5) is 5.69 Å². The van der Waals surface area contributed by atoms with Crippen molar-refractivity contribution in [2.75, 3.05) is 0 Å². The Kier molecular flexibility index (Phi) is 5.02. The third-order valence-corrected chi connectivity index (χ3v) is 7.79. The Balaban J connectivity index is 2.19. The molecule has 2 aromatic rings. The molecule has 7 heteroatoms. The van der Waals surface area contributed by atoms with Crippen LogP contribution < -0.4 is 5.72 Å². The zero-order valence-electron chi connectivity index (χ0n) is 9.68. The van der Waals surface area contributed by atoms with Crippen molar-refractivity contribution >= 4 is 32.0 Å². The van der Waals surface area contributed by atoms with Crippen molar-refractivity contribution in [3.63, 3.8) is 0 Å². The van der Waals surface area contributed by atoms with Gasteiger partial charge in [0.1, 0.15) is 0 Å². The molecule has 4 nitrogen and oxygen atoms in total. The number of benzene rings is 2. The summed E-state index contributed by atoms with van der Waals surface area (Å²) in [5.41, 5.74) is -0.140. The van der Waals surface area contributed by atoms with E-state index in [1.165, 1.54) is 15.2 Å². The summed E-state index contributed by atoms with van der Waals surface area (Å²) in [7, 11) is 0. The van der Waals surface area contributed by atoms with Crippen LogP contribution in [0.2, 0.25) is 10.0 Å². The van der Waals surface area contributed by atoms with E-state index in [-0.39, 0.29) is 15.7 Å². The predicted molar refractivity (Wildman–Crippen MR) is 69.8 cm³/mol. The molecule has 0 atom stereocenters. The number of non-ortho nitro benzene ring substituents is 1. The van der Waals surface area contributed by atoms with Crippen molar-refractivity contribution in [3.05, 3.63) is 62.6 Å². The molecule has 0 fully saturated rings. The molecule has 19 heavy (non-hydrogen) atoms. The summed E-state index contributed by atoms with van der Waals surface area (Å²) >= 11 is 10.1. The summed E-state index contributed by atoms with van der Waals surface area (Å²) in [6.07, 6.45) is 0. The summed E-state index contributed by atoms with van der Waals surface area (Å²) in [5.74, 6) is 0.347. The third-order valence-electron chi connectivity index (χ3n) is 2.42. The van der Waals surface area contributed by atoms with Gasteiger partial charge in [0.25, 0.3) is 0 Å². The van der Waals surface area contributed by atoms with Crippen LogP contribution in [-0.4, -0.2) is 4.92 Å². The number of hydrogen-bond donors (Lipinski definition) is 0. The summed E-state index contributed by atoms with van der Waals surface area (Å²) in [4.78, 5) is 10.1. The molecule has 0 N–H and O–H groups in total. The zero-order valence-corrected chi connectivity index (χ0v) is 16.7. The molecule has 94 valence electrons. The van der Waals surface area contributed by atoms with E-state index >= 15 is 0 Å². The fourth-order valence-corrected chi connectivity index (χ4v) is 7.04. The fourth-order valence-electron chi connectivity index (χ4n) is 1.52. The van der Waals surface area contributed by atoms with Crippen LogP contribution in [0.25, 0.3) is 0 Å². The van der Waals surface area contributed by atoms with Gasteiger partial charge in [-0.3, -0.25) is 0 Å².